The van der Waals surface area contributed by atoms with Crippen LogP contribution in [0.1, 0.15) is 34.1 Å². The Balaban J connectivity index is 4.53. The number of halogens is 2. The van der Waals surface area contributed by atoms with E-state index in [1.54, 1.807) is 0 Å². The van der Waals surface area contributed by atoms with Crippen LogP contribution in [0.25, 0.3) is 0 Å². The molecule has 0 aromatic heterocycles. The van der Waals surface area contributed by atoms with E-state index in [9.17, 15) is 4.79 Å². The first kappa shape index (κ1) is 14.4. The van der Waals surface area contributed by atoms with Crippen LogP contribution < -0.4 is 0 Å². The molecular formula is C10H18Br2O2. The zero-order valence-electron chi connectivity index (χ0n) is 9.36. The number of rotatable bonds is 4. The summed E-state index contributed by atoms with van der Waals surface area (Å²) < 4.78 is 4.74. The Morgan fingerprint density at radius 1 is 1.36 bits per heavy atom. The van der Waals surface area contributed by atoms with Gasteiger partial charge in [0.05, 0.1) is 7.11 Å². The fraction of sp³-hybridized carbons (Fsp3) is 0.900. The maximum atomic E-state index is 11.4. The second-order valence-corrected chi connectivity index (χ2v) is 7.83. The molecule has 2 nitrogen and oxygen atoms in total. The van der Waals surface area contributed by atoms with Crippen LogP contribution in [-0.2, 0) is 9.53 Å². The number of carbonyl (C=O) groups is 1. The summed E-state index contributed by atoms with van der Waals surface area (Å²) in [7, 11) is 1.41. The average Bonchev–Trinajstić information content (AvgIpc) is 1.97. The summed E-state index contributed by atoms with van der Waals surface area (Å²) in [5.41, 5.74) is -0.139. The molecule has 0 aliphatic rings. The van der Waals surface area contributed by atoms with Crippen molar-refractivity contribution in [2.75, 3.05) is 7.11 Å². The molecule has 0 radical (unpaired) electrons. The van der Waals surface area contributed by atoms with Crippen LogP contribution in [-0.4, -0.2) is 22.2 Å². The largest absolute Gasteiger partial charge is 0.468 e. The van der Waals surface area contributed by atoms with Gasteiger partial charge in [-0.25, -0.2) is 0 Å². The monoisotopic (exact) mass is 328 g/mol. The van der Waals surface area contributed by atoms with E-state index < -0.39 is 0 Å². The Hall–Kier alpha value is 0.430. The molecule has 0 saturated carbocycles. The van der Waals surface area contributed by atoms with Crippen LogP contribution in [0, 0.1) is 5.41 Å². The summed E-state index contributed by atoms with van der Waals surface area (Å²) in [6.07, 6.45) is 0.880. The molecule has 0 aromatic carbocycles. The van der Waals surface area contributed by atoms with Gasteiger partial charge in [-0.15, -0.1) is 0 Å². The number of hydrogen-bond donors (Lipinski definition) is 0. The van der Waals surface area contributed by atoms with Crippen molar-refractivity contribution in [2.24, 2.45) is 5.41 Å². The molecule has 0 saturated heterocycles. The Morgan fingerprint density at radius 3 is 2.07 bits per heavy atom. The lowest BCUT2D eigenvalue weighted by molar-refractivity contribution is -0.142. The van der Waals surface area contributed by atoms with Gasteiger partial charge in [-0.3, -0.25) is 4.79 Å². The van der Waals surface area contributed by atoms with Crippen molar-refractivity contribution in [3.8, 4) is 0 Å². The van der Waals surface area contributed by atoms with Gasteiger partial charge in [0.25, 0.3) is 0 Å². The molecule has 0 bridgehead atoms. The van der Waals surface area contributed by atoms with Crippen molar-refractivity contribution in [3.05, 3.63) is 0 Å². The fourth-order valence-electron chi connectivity index (χ4n) is 1.60. The Morgan fingerprint density at radius 2 is 1.79 bits per heavy atom. The molecule has 1 unspecified atom stereocenters. The van der Waals surface area contributed by atoms with E-state index in [-0.39, 0.29) is 20.5 Å². The van der Waals surface area contributed by atoms with E-state index in [0.29, 0.717) is 0 Å². The minimum atomic E-state index is -0.267. The summed E-state index contributed by atoms with van der Waals surface area (Å²) in [5.74, 6) is -0.216. The van der Waals surface area contributed by atoms with Gasteiger partial charge in [-0.2, -0.15) is 0 Å². The van der Waals surface area contributed by atoms with E-state index in [2.05, 4.69) is 45.7 Å². The van der Waals surface area contributed by atoms with Crippen LogP contribution in [0.15, 0.2) is 0 Å². The molecule has 0 heterocycles. The number of hydrogen-bond acceptors (Lipinski definition) is 2. The van der Waals surface area contributed by atoms with E-state index in [0.717, 1.165) is 6.42 Å². The minimum absolute atomic E-state index is 0.0243. The van der Waals surface area contributed by atoms with Crippen molar-refractivity contribution in [2.45, 2.75) is 43.3 Å². The summed E-state index contributed by atoms with van der Waals surface area (Å²) >= 11 is 6.96. The predicted octanol–water partition coefficient (Wildman–Crippen LogP) is 3.51. The van der Waals surface area contributed by atoms with E-state index in [4.69, 9.17) is 4.74 Å². The Kier molecular flexibility index (Phi) is 5.12. The highest BCUT2D eigenvalue weighted by molar-refractivity contribution is 9.10. The molecular weight excluding hydrogens is 312 g/mol. The van der Waals surface area contributed by atoms with Gasteiger partial charge in [0.15, 0.2) is 0 Å². The number of carbonyl (C=O) groups excluding carboxylic acids is 1. The van der Waals surface area contributed by atoms with Crippen molar-refractivity contribution >= 4 is 37.8 Å². The van der Waals surface area contributed by atoms with Gasteiger partial charge in [0.1, 0.15) is 4.83 Å². The number of alkyl halides is 2. The van der Waals surface area contributed by atoms with E-state index in [1.807, 2.05) is 13.8 Å². The molecule has 14 heavy (non-hydrogen) atoms. The van der Waals surface area contributed by atoms with Crippen LogP contribution in [0.4, 0.5) is 0 Å². The molecule has 0 N–H and O–H groups in total. The lowest BCUT2D eigenvalue weighted by atomic mass is 9.81. The summed E-state index contributed by atoms with van der Waals surface area (Å²) in [4.78, 5) is 11.1. The third-order valence-electron chi connectivity index (χ3n) is 1.97. The van der Waals surface area contributed by atoms with Gasteiger partial charge in [-0.05, 0) is 11.8 Å². The van der Waals surface area contributed by atoms with Crippen molar-refractivity contribution < 1.29 is 9.53 Å². The predicted molar refractivity (Wildman–Crippen MR) is 66.1 cm³/mol. The van der Waals surface area contributed by atoms with Crippen LogP contribution in [0.2, 0.25) is 0 Å². The molecule has 0 rings (SSSR count). The number of ether oxygens (including phenoxy) is 1. The topological polar surface area (TPSA) is 26.3 Å². The quantitative estimate of drug-likeness (QED) is 0.582. The zero-order valence-corrected chi connectivity index (χ0v) is 12.5. The first-order valence-corrected chi connectivity index (χ1v) is 6.22. The standard InChI is InChI=1S/C10H18Br2O2/c1-9(2,6-10(3,4)12)7(11)8(13)14-5/h7H,6H2,1-5H3. The first-order valence-electron chi connectivity index (χ1n) is 4.51. The molecule has 0 aliphatic heterocycles. The van der Waals surface area contributed by atoms with E-state index in [1.165, 1.54) is 7.11 Å². The zero-order chi connectivity index (χ0) is 11.6. The Bertz CT molecular complexity index is 207. The fourth-order valence-corrected chi connectivity index (χ4v) is 2.67. The molecule has 0 aromatic rings. The minimum Gasteiger partial charge on any atom is -0.468 e. The molecule has 1 atom stereocenters. The smallest absolute Gasteiger partial charge is 0.319 e. The second kappa shape index (κ2) is 4.97. The van der Waals surface area contributed by atoms with Crippen LogP contribution in [0.3, 0.4) is 0 Å². The average molecular weight is 330 g/mol. The molecule has 0 aliphatic carbocycles. The van der Waals surface area contributed by atoms with Gasteiger partial charge in [-0.1, -0.05) is 59.6 Å². The van der Waals surface area contributed by atoms with Crippen molar-refractivity contribution in [1.82, 2.24) is 0 Å². The highest BCUT2D eigenvalue weighted by Gasteiger charge is 2.37. The number of methoxy groups -OCH3 is 1. The van der Waals surface area contributed by atoms with Gasteiger partial charge < -0.3 is 4.74 Å². The van der Waals surface area contributed by atoms with Gasteiger partial charge in [0.2, 0.25) is 0 Å². The second-order valence-electron chi connectivity index (χ2n) is 4.77. The number of esters is 1. The maximum Gasteiger partial charge on any atom is 0.319 e. The lowest BCUT2D eigenvalue weighted by Crippen LogP contribution is -2.36. The molecule has 84 valence electrons. The highest BCUT2D eigenvalue weighted by atomic mass is 79.9. The molecule has 0 amide bonds. The molecule has 4 heteroatoms. The van der Waals surface area contributed by atoms with Crippen LogP contribution in [0.5, 0.6) is 0 Å². The maximum absolute atomic E-state index is 11.4. The summed E-state index contributed by atoms with van der Waals surface area (Å²) in [6, 6.07) is 0. The summed E-state index contributed by atoms with van der Waals surface area (Å²) in [5, 5.41) is 0. The van der Waals surface area contributed by atoms with Gasteiger partial charge >= 0.3 is 5.97 Å². The third kappa shape index (κ3) is 4.78. The van der Waals surface area contributed by atoms with Crippen molar-refractivity contribution in [3.63, 3.8) is 0 Å². The van der Waals surface area contributed by atoms with E-state index >= 15 is 0 Å². The first-order chi connectivity index (χ1) is 6.10. The van der Waals surface area contributed by atoms with Crippen LogP contribution >= 0.6 is 31.9 Å². The van der Waals surface area contributed by atoms with Crippen molar-refractivity contribution in [1.29, 1.82) is 0 Å². The molecule has 0 spiro atoms. The summed E-state index contributed by atoms with van der Waals surface area (Å²) in [6.45, 7) is 8.27. The third-order valence-corrected chi connectivity index (χ3v) is 3.86. The molecule has 0 fully saturated rings. The SMILES string of the molecule is COC(=O)C(Br)C(C)(C)CC(C)(C)Br. The lowest BCUT2D eigenvalue weighted by Gasteiger charge is -2.33. The van der Waals surface area contributed by atoms with Gasteiger partial charge in [0, 0.05) is 4.32 Å². The Labute approximate surface area is 103 Å². The highest BCUT2D eigenvalue weighted by Crippen LogP contribution is 2.39. The normalized spacial score (nSPS) is 15.1.